The molecule has 0 bridgehead atoms. The Morgan fingerprint density at radius 2 is 1.90 bits per heavy atom. The molecule has 5 nitrogen and oxygen atoms in total. The molecule has 1 unspecified atom stereocenters. The molecule has 2 saturated carbocycles. The Hall–Kier alpha value is -0.940. The van der Waals surface area contributed by atoms with Crippen LogP contribution in [0.1, 0.15) is 43.1 Å². The molecule has 1 aromatic heterocycles. The number of methoxy groups -OCH3 is 1. The summed E-state index contributed by atoms with van der Waals surface area (Å²) in [6.07, 6.45) is 6.63. The van der Waals surface area contributed by atoms with Crippen molar-refractivity contribution < 1.29 is 4.74 Å². The van der Waals surface area contributed by atoms with E-state index in [0.29, 0.717) is 6.04 Å². The predicted molar refractivity (Wildman–Crippen MR) is 75.4 cm³/mol. The zero-order valence-corrected chi connectivity index (χ0v) is 12.3. The van der Waals surface area contributed by atoms with Crippen LogP contribution in [0.15, 0.2) is 0 Å². The molecule has 0 saturated heterocycles. The van der Waals surface area contributed by atoms with E-state index in [4.69, 9.17) is 4.74 Å². The maximum absolute atomic E-state index is 5.45. The second-order valence-electron chi connectivity index (χ2n) is 6.71. The van der Waals surface area contributed by atoms with Gasteiger partial charge in [0, 0.05) is 33.2 Å². The Kier molecular flexibility index (Phi) is 3.27. The van der Waals surface area contributed by atoms with E-state index in [1.54, 1.807) is 7.11 Å². The van der Waals surface area contributed by atoms with E-state index in [2.05, 4.69) is 19.9 Å². The van der Waals surface area contributed by atoms with Crippen LogP contribution in [0.2, 0.25) is 0 Å². The third-order valence-electron chi connectivity index (χ3n) is 4.90. The number of fused-ring (bicyclic) bond motifs is 1. The van der Waals surface area contributed by atoms with Crippen molar-refractivity contribution in [3.63, 3.8) is 0 Å². The fourth-order valence-corrected chi connectivity index (χ4v) is 3.32. The van der Waals surface area contributed by atoms with Crippen molar-refractivity contribution in [1.82, 2.24) is 19.9 Å². The standard InChI is InChI=1S/C15H24N4O/c1-20-10-14-15-13(6-7-18(14)8-11-2-3-11)19(17-16-15)9-12-4-5-12/h11-12,14H,2-10H2,1H3. The molecule has 110 valence electrons. The van der Waals surface area contributed by atoms with E-state index in [0.717, 1.165) is 38.0 Å². The van der Waals surface area contributed by atoms with Gasteiger partial charge in [-0.3, -0.25) is 4.90 Å². The average Bonchev–Trinajstić information content (AvgIpc) is 3.34. The van der Waals surface area contributed by atoms with Gasteiger partial charge in [0.2, 0.25) is 0 Å². The summed E-state index contributed by atoms with van der Waals surface area (Å²) >= 11 is 0. The number of hydrogen-bond acceptors (Lipinski definition) is 4. The van der Waals surface area contributed by atoms with Gasteiger partial charge in [0.05, 0.1) is 18.3 Å². The summed E-state index contributed by atoms with van der Waals surface area (Å²) in [7, 11) is 1.79. The summed E-state index contributed by atoms with van der Waals surface area (Å²) in [6, 6.07) is 0.317. The topological polar surface area (TPSA) is 43.2 Å². The molecule has 2 aliphatic carbocycles. The second kappa shape index (κ2) is 5.11. The van der Waals surface area contributed by atoms with Crippen molar-refractivity contribution in [3.8, 4) is 0 Å². The average molecular weight is 276 g/mol. The molecule has 5 heteroatoms. The van der Waals surface area contributed by atoms with Crippen LogP contribution in [0, 0.1) is 11.8 Å². The second-order valence-corrected chi connectivity index (χ2v) is 6.71. The third-order valence-corrected chi connectivity index (χ3v) is 4.90. The van der Waals surface area contributed by atoms with E-state index >= 15 is 0 Å². The van der Waals surface area contributed by atoms with Crippen molar-refractivity contribution in [2.75, 3.05) is 26.8 Å². The number of aromatic nitrogens is 3. The zero-order valence-electron chi connectivity index (χ0n) is 12.3. The molecular formula is C15H24N4O. The van der Waals surface area contributed by atoms with Crippen LogP contribution in [0.5, 0.6) is 0 Å². The molecule has 0 amide bonds. The predicted octanol–water partition coefficient (Wildman–Crippen LogP) is 1.64. The van der Waals surface area contributed by atoms with Gasteiger partial charge in [0.25, 0.3) is 0 Å². The monoisotopic (exact) mass is 276 g/mol. The van der Waals surface area contributed by atoms with Crippen LogP contribution in [-0.4, -0.2) is 46.7 Å². The van der Waals surface area contributed by atoms with E-state index in [9.17, 15) is 0 Å². The van der Waals surface area contributed by atoms with Crippen LogP contribution in [0.4, 0.5) is 0 Å². The summed E-state index contributed by atoms with van der Waals surface area (Å²) in [5, 5.41) is 8.93. The van der Waals surface area contributed by atoms with Crippen molar-refractivity contribution >= 4 is 0 Å². The van der Waals surface area contributed by atoms with Crippen LogP contribution in [0.3, 0.4) is 0 Å². The first-order chi connectivity index (χ1) is 9.85. The summed E-state index contributed by atoms with van der Waals surface area (Å²) in [5.74, 6) is 1.77. The lowest BCUT2D eigenvalue weighted by molar-refractivity contribution is 0.0767. The summed E-state index contributed by atoms with van der Waals surface area (Å²) in [6.45, 7) is 4.16. The smallest absolute Gasteiger partial charge is 0.105 e. The maximum Gasteiger partial charge on any atom is 0.105 e. The Balaban J connectivity index is 1.55. The molecule has 3 aliphatic rings. The quantitative estimate of drug-likeness (QED) is 0.792. The first-order valence-electron chi connectivity index (χ1n) is 8.00. The molecule has 2 heterocycles. The third kappa shape index (κ3) is 2.49. The van der Waals surface area contributed by atoms with Gasteiger partial charge in [-0.15, -0.1) is 5.10 Å². The van der Waals surface area contributed by atoms with Gasteiger partial charge in [-0.2, -0.15) is 0 Å². The van der Waals surface area contributed by atoms with Crippen molar-refractivity contribution in [2.24, 2.45) is 11.8 Å². The normalized spacial score (nSPS) is 26.8. The molecule has 0 N–H and O–H groups in total. The highest BCUT2D eigenvalue weighted by Crippen LogP contribution is 2.36. The summed E-state index contributed by atoms with van der Waals surface area (Å²) < 4.78 is 7.63. The van der Waals surface area contributed by atoms with Gasteiger partial charge >= 0.3 is 0 Å². The molecule has 0 radical (unpaired) electrons. The minimum atomic E-state index is 0.317. The highest BCUT2D eigenvalue weighted by molar-refractivity contribution is 5.19. The minimum absolute atomic E-state index is 0.317. The van der Waals surface area contributed by atoms with Crippen molar-refractivity contribution in [3.05, 3.63) is 11.4 Å². The van der Waals surface area contributed by atoms with E-state index in [1.165, 1.54) is 43.6 Å². The van der Waals surface area contributed by atoms with E-state index in [1.807, 2.05) is 0 Å². The van der Waals surface area contributed by atoms with Crippen LogP contribution in [0.25, 0.3) is 0 Å². The lowest BCUT2D eigenvalue weighted by atomic mass is 10.0. The molecule has 4 rings (SSSR count). The summed E-state index contributed by atoms with van der Waals surface area (Å²) in [5.41, 5.74) is 2.55. The van der Waals surface area contributed by atoms with Crippen LogP contribution >= 0.6 is 0 Å². The van der Waals surface area contributed by atoms with E-state index < -0.39 is 0 Å². The lowest BCUT2D eigenvalue weighted by Gasteiger charge is -2.34. The van der Waals surface area contributed by atoms with Gasteiger partial charge in [-0.25, -0.2) is 4.68 Å². The molecule has 1 aliphatic heterocycles. The Bertz CT molecular complexity index is 478. The minimum Gasteiger partial charge on any atom is -0.383 e. The van der Waals surface area contributed by atoms with Gasteiger partial charge in [0.1, 0.15) is 5.69 Å². The maximum atomic E-state index is 5.45. The Morgan fingerprint density at radius 3 is 2.60 bits per heavy atom. The fourth-order valence-electron chi connectivity index (χ4n) is 3.32. The molecule has 2 fully saturated rings. The molecule has 1 aromatic rings. The van der Waals surface area contributed by atoms with Gasteiger partial charge < -0.3 is 4.74 Å². The van der Waals surface area contributed by atoms with Gasteiger partial charge in [-0.05, 0) is 37.5 Å². The number of hydrogen-bond donors (Lipinski definition) is 0. The molecule has 1 atom stereocenters. The summed E-state index contributed by atoms with van der Waals surface area (Å²) in [4.78, 5) is 2.57. The van der Waals surface area contributed by atoms with Crippen LogP contribution in [-0.2, 0) is 17.7 Å². The fraction of sp³-hybridized carbons (Fsp3) is 0.867. The largest absolute Gasteiger partial charge is 0.383 e. The Labute approximate surface area is 120 Å². The van der Waals surface area contributed by atoms with Crippen molar-refractivity contribution in [1.29, 1.82) is 0 Å². The number of rotatable bonds is 6. The van der Waals surface area contributed by atoms with Crippen molar-refractivity contribution in [2.45, 2.75) is 44.7 Å². The van der Waals surface area contributed by atoms with Gasteiger partial charge in [-0.1, -0.05) is 5.21 Å². The zero-order chi connectivity index (χ0) is 13.5. The van der Waals surface area contributed by atoms with Gasteiger partial charge in [0.15, 0.2) is 0 Å². The number of nitrogens with zero attached hydrogens (tertiary/aromatic N) is 4. The molecule has 20 heavy (non-hydrogen) atoms. The highest BCUT2D eigenvalue weighted by Gasteiger charge is 2.36. The first-order valence-corrected chi connectivity index (χ1v) is 8.00. The van der Waals surface area contributed by atoms with Crippen LogP contribution < -0.4 is 0 Å². The SMILES string of the molecule is COCC1c2nnn(CC3CC3)c2CCN1CC1CC1. The molecule has 0 spiro atoms. The highest BCUT2D eigenvalue weighted by atomic mass is 16.5. The molecule has 0 aromatic carbocycles. The van der Waals surface area contributed by atoms with E-state index in [-0.39, 0.29) is 0 Å². The first kappa shape index (κ1) is 12.8. The molecular weight excluding hydrogens is 252 g/mol. The lowest BCUT2D eigenvalue weighted by Crippen LogP contribution is -2.39. The Morgan fingerprint density at radius 1 is 1.15 bits per heavy atom. The number of ether oxygens (including phenoxy) is 1.